The van der Waals surface area contributed by atoms with E-state index in [1.54, 1.807) is 7.11 Å². The van der Waals surface area contributed by atoms with Gasteiger partial charge in [0.25, 0.3) is 5.84 Å². The third-order valence-electron chi connectivity index (χ3n) is 2.77. The molecule has 0 aromatic heterocycles. The van der Waals surface area contributed by atoms with Crippen molar-refractivity contribution < 1.29 is 26.3 Å². The molecule has 0 bridgehead atoms. The molecular formula is C12H17BrN2O. The third-order valence-corrected chi connectivity index (χ3v) is 2.77. The fraction of sp³-hybridized carbons (Fsp3) is 0.417. The van der Waals surface area contributed by atoms with E-state index in [1.807, 2.05) is 6.07 Å². The summed E-state index contributed by atoms with van der Waals surface area (Å²) in [6.07, 6.45) is 1.02. The van der Waals surface area contributed by atoms with Crippen molar-refractivity contribution in [3.8, 4) is 0 Å². The Kier molecular flexibility index (Phi) is 4.96. The van der Waals surface area contributed by atoms with Gasteiger partial charge in [-0.15, -0.1) is 0 Å². The molecule has 0 saturated carbocycles. The van der Waals surface area contributed by atoms with Crippen LogP contribution >= 0.6 is 0 Å². The Morgan fingerprint density at radius 1 is 1.38 bits per heavy atom. The first-order chi connectivity index (χ1) is 7.33. The van der Waals surface area contributed by atoms with Gasteiger partial charge in [0, 0.05) is 25.7 Å². The lowest BCUT2D eigenvalue weighted by Gasteiger charge is -2.02. The summed E-state index contributed by atoms with van der Waals surface area (Å²) in [5.74, 6) is 0.904. The van der Waals surface area contributed by atoms with Gasteiger partial charge in [0.1, 0.15) is 6.54 Å². The molecule has 0 aliphatic carbocycles. The molecule has 0 unspecified atom stereocenters. The number of methoxy groups -OCH3 is 1. The summed E-state index contributed by atoms with van der Waals surface area (Å²) < 4.78 is 7.25. The first kappa shape index (κ1) is 13.2. The van der Waals surface area contributed by atoms with Crippen LogP contribution in [-0.4, -0.2) is 30.7 Å². The number of hydrogen-bond donors (Lipinski definition) is 1. The van der Waals surface area contributed by atoms with Crippen LogP contribution in [0.5, 0.6) is 0 Å². The van der Waals surface area contributed by atoms with Crippen LogP contribution in [0, 0.1) is 0 Å². The van der Waals surface area contributed by atoms with Gasteiger partial charge in [-0.1, -0.05) is 18.2 Å². The van der Waals surface area contributed by atoms with Crippen LogP contribution in [0.4, 0.5) is 0 Å². The van der Waals surface area contributed by atoms with Gasteiger partial charge in [0.15, 0.2) is 0 Å². The van der Waals surface area contributed by atoms with Crippen molar-refractivity contribution in [2.75, 3.05) is 20.3 Å². The maximum atomic E-state index is 6.07. The topological polar surface area (TPSA) is 38.3 Å². The molecule has 2 N–H and O–H groups in total. The fourth-order valence-corrected chi connectivity index (χ4v) is 1.97. The van der Waals surface area contributed by atoms with E-state index in [4.69, 9.17) is 10.5 Å². The molecule has 1 aliphatic rings. The van der Waals surface area contributed by atoms with E-state index in [9.17, 15) is 0 Å². The smallest absolute Gasteiger partial charge is 0.275 e. The Bertz CT molecular complexity index is 390. The van der Waals surface area contributed by atoms with Crippen LogP contribution in [0.25, 0.3) is 0 Å². The van der Waals surface area contributed by atoms with Gasteiger partial charge in [0.05, 0.1) is 12.1 Å². The second-order valence-corrected chi connectivity index (χ2v) is 3.81. The van der Waals surface area contributed by atoms with Gasteiger partial charge in [-0.25, -0.2) is 0 Å². The highest BCUT2D eigenvalue weighted by molar-refractivity contribution is 5.96. The Morgan fingerprint density at radius 3 is 2.81 bits per heavy atom. The van der Waals surface area contributed by atoms with Crippen molar-refractivity contribution in [2.24, 2.45) is 5.73 Å². The summed E-state index contributed by atoms with van der Waals surface area (Å²) in [7, 11) is 1.73. The summed E-state index contributed by atoms with van der Waals surface area (Å²) in [4.78, 5) is 0. The van der Waals surface area contributed by atoms with Gasteiger partial charge < -0.3 is 21.7 Å². The zero-order valence-corrected chi connectivity index (χ0v) is 11.0. The predicted molar refractivity (Wildman–Crippen MR) is 60.1 cm³/mol. The van der Waals surface area contributed by atoms with E-state index in [-0.39, 0.29) is 17.0 Å². The first-order valence-electron chi connectivity index (χ1n) is 5.27. The number of halogens is 1. The van der Waals surface area contributed by atoms with Crippen molar-refractivity contribution in [1.29, 1.82) is 0 Å². The van der Waals surface area contributed by atoms with E-state index in [2.05, 4.69) is 22.8 Å². The zero-order chi connectivity index (χ0) is 10.7. The fourth-order valence-electron chi connectivity index (χ4n) is 1.97. The van der Waals surface area contributed by atoms with Crippen molar-refractivity contribution >= 4 is 5.84 Å². The highest BCUT2D eigenvalue weighted by Crippen LogP contribution is 2.16. The molecule has 3 nitrogen and oxygen atoms in total. The van der Waals surface area contributed by atoms with Gasteiger partial charge in [0.2, 0.25) is 0 Å². The SMILES string of the molecule is COCCC[N+]1=C(N)c2ccccc2C1.[Br-]. The van der Waals surface area contributed by atoms with Crippen LogP contribution in [0.2, 0.25) is 0 Å². The molecule has 1 aliphatic heterocycles. The molecule has 1 aromatic rings. The molecular weight excluding hydrogens is 268 g/mol. The second kappa shape index (κ2) is 6.01. The highest BCUT2D eigenvalue weighted by atomic mass is 79.9. The van der Waals surface area contributed by atoms with Gasteiger partial charge in [-0.3, -0.25) is 10.3 Å². The predicted octanol–water partition coefficient (Wildman–Crippen LogP) is -2.04. The number of hydrogen-bond acceptors (Lipinski definition) is 2. The van der Waals surface area contributed by atoms with Crippen molar-refractivity contribution in [1.82, 2.24) is 0 Å². The number of benzene rings is 1. The quantitative estimate of drug-likeness (QED) is 0.511. The standard InChI is InChI=1S/C12H16N2O.BrH/c1-15-8-4-7-14-9-10-5-2-3-6-11(10)12(14)13;/h2-3,5-6,13H,4,7-9H2,1H3;1H. The van der Waals surface area contributed by atoms with Crippen LogP contribution in [0.1, 0.15) is 17.5 Å². The average molecular weight is 285 g/mol. The van der Waals surface area contributed by atoms with E-state index >= 15 is 0 Å². The van der Waals surface area contributed by atoms with Gasteiger partial charge >= 0.3 is 0 Å². The van der Waals surface area contributed by atoms with E-state index < -0.39 is 0 Å². The molecule has 0 fully saturated rings. The van der Waals surface area contributed by atoms with Crippen molar-refractivity contribution in [3.05, 3.63) is 35.4 Å². The summed E-state index contributed by atoms with van der Waals surface area (Å²) in [5, 5.41) is 0. The Labute approximate surface area is 107 Å². The molecule has 0 spiro atoms. The molecule has 16 heavy (non-hydrogen) atoms. The summed E-state index contributed by atoms with van der Waals surface area (Å²) >= 11 is 0. The minimum Gasteiger partial charge on any atom is -1.00 e. The van der Waals surface area contributed by atoms with Crippen molar-refractivity contribution in [3.63, 3.8) is 0 Å². The Hall–Kier alpha value is -0.870. The summed E-state index contributed by atoms with van der Waals surface area (Å²) in [6, 6.07) is 8.31. The zero-order valence-electron chi connectivity index (χ0n) is 9.45. The van der Waals surface area contributed by atoms with E-state index in [1.165, 1.54) is 11.1 Å². The van der Waals surface area contributed by atoms with Gasteiger partial charge in [-0.2, -0.15) is 0 Å². The van der Waals surface area contributed by atoms with Crippen LogP contribution in [0.3, 0.4) is 0 Å². The summed E-state index contributed by atoms with van der Waals surface area (Å²) in [5.41, 5.74) is 8.59. The number of fused-ring (bicyclic) bond motifs is 1. The second-order valence-electron chi connectivity index (χ2n) is 3.81. The molecule has 1 heterocycles. The number of nitrogens with zero attached hydrogens (tertiary/aromatic N) is 1. The lowest BCUT2D eigenvalue weighted by atomic mass is 10.1. The molecule has 0 radical (unpaired) electrons. The monoisotopic (exact) mass is 284 g/mol. The maximum Gasteiger partial charge on any atom is 0.275 e. The Balaban J connectivity index is 0.00000128. The highest BCUT2D eigenvalue weighted by Gasteiger charge is 2.23. The summed E-state index contributed by atoms with van der Waals surface area (Å²) in [6.45, 7) is 2.69. The van der Waals surface area contributed by atoms with E-state index in [0.717, 1.165) is 32.0 Å². The van der Waals surface area contributed by atoms with Crippen LogP contribution < -0.4 is 22.7 Å². The molecule has 4 heteroatoms. The average Bonchev–Trinajstić information content (AvgIpc) is 2.57. The number of ether oxygens (including phenoxy) is 1. The molecule has 88 valence electrons. The van der Waals surface area contributed by atoms with E-state index in [0.29, 0.717) is 0 Å². The van der Waals surface area contributed by atoms with Crippen molar-refractivity contribution in [2.45, 2.75) is 13.0 Å². The normalized spacial score (nSPS) is 13.6. The van der Waals surface area contributed by atoms with Crippen LogP contribution in [-0.2, 0) is 11.3 Å². The molecule has 0 atom stereocenters. The number of rotatable bonds is 4. The number of amidine groups is 1. The molecule has 0 saturated heterocycles. The van der Waals surface area contributed by atoms with Gasteiger partial charge in [-0.05, 0) is 6.07 Å². The lowest BCUT2D eigenvalue weighted by molar-refractivity contribution is -0.540. The largest absolute Gasteiger partial charge is 1.00 e. The Morgan fingerprint density at radius 2 is 2.12 bits per heavy atom. The maximum absolute atomic E-state index is 6.07. The number of nitrogens with two attached hydrogens (primary N) is 1. The van der Waals surface area contributed by atoms with Crippen LogP contribution in [0.15, 0.2) is 24.3 Å². The third kappa shape index (κ3) is 2.62. The minimum atomic E-state index is 0. The molecule has 1 aromatic carbocycles. The molecule has 0 amide bonds. The lowest BCUT2D eigenvalue weighted by Crippen LogP contribution is -3.00. The molecule has 2 rings (SSSR count). The first-order valence-corrected chi connectivity index (χ1v) is 5.27. The minimum absolute atomic E-state index is 0.